The van der Waals surface area contributed by atoms with Gasteiger partial charge in [0.1, 0.15) is 11.5 Å². The van der Waals surface area contributed by atoms with Crippen LogP contribution in [0.15, 0.2) is 24.3 Å². The van der Waals surface area contributed by atoms with E-state index in [1.54, 1.807) is 23.9 Å². The van der Waals surface area contributed by atoms with E-state index < -0.39 is 0 Å². The molecule has 0 aliphatic carbocycles. The van der Waals surface area contributed by atoms with Gasteiger partial charge in [0.05, 0.1) is 24.0 Å². The zero-order chi connectivity index (χ0) is 16.3. The molecule has 0 spiro atoms. The van der Waals surface area contributed by atoms with Crippen LogP contribution < -0.4 is 5.32 Å². The number of halogens is 1. The molecule has 1 heterocycles. The topological polar surface area (TPSA) is 52.0 Å². The van der Waals surface area contributed by atoms with E-state index >= 15 is 0 Å². The van der Waals surface area contributed by atoms with E-state index in [0.717, 1.165) is 17.1 Å². The Morgan fingerprint density at radius 3 is 2.55 bits per heavy atom. The second kappa shape index (κ2) is 6.54. The fourth-order valence-corrected chi connectivity index (χ4v) is 2.63. The van der Waals surface area contributed by atoms with E-state index in [2.05, 4.69) is 29.5 Å². The molecule has 0 aliphatic rings. The van der Waals surface area contributed by atoms with Gasteiger partial charge in [-0.15, -0.1) is 5.10 Å². The highest BCUT2D eigenvalue weighted by Gasteiger charge is 2.24. The average molecular weight is 306 g/mol. The predicted molar refractivity (Wildman–Crippen MR) is 83.6 cm³/mol. The summed E-state index contributed by atoms with van der Waals surface area (Å²) < 4.78 is 20.0. The fraction of sp³-hybridized carbons (Fsp3) is 0.500. The Bertz CT molecular complexity index is 622. The van der Waals surface area contributed by atoms with Crippen molar-refractivity contribution >= 4 is 0 Å². The highest BCUT2D eigenvalue weighted by molar-refractivity contribution is 5.33. The van der Waals surface area contributed by atoms with Crippen LogP contribution in [-0.4, -0.2) is 34.2 Å². The minimum absolute atomic E-state index is 0.0272. The quantitative estimate of drug-likeness (QED) is 0.891. The van der Waals surface area contributed by atoms with Gasteiger partial charge in [0.15, 0.2) is 0 Å². The van der Waals surface area contributed by atoms with Crippen molar-refractivity contribution in [1.29, 1.82) is 0 Å². The summed E-state index contributed by atoms with van der Waals surface area (Å²) in [4.78, 5) is 0. The van der Waals surface area contributed by atoms with Gasteiger partial charge in [0.25, 0.3) is 0 Å². The minimum Gasteiger partial charge on any atom is -0.383 e. The Balaban J connectivity index is 2.22. The van der Waals surface area contributed by atoms with Crippen LogP contribution in [-0.2, 0) is 4.74 Å². The average Bonchev–Trinajstić information content (AvgIpc) is 2.81. The van der Waals surface area contributed by atoms with Crippen LogP contribution >= 0.6 is 0 Å². The lowest BCUT2D eigenvalue weighted by atomic mass is 10.0. The van der Waals surface area contributed by atoms with E-state index in [4.69, 9.17) is 4.74 Å². The van der Waals surface area contributed by atoms with Gasteiger partial charge in [-0.2, -0.15) is 0 Å². The van der Waals surface area contributed by atoms with Gasteiger partial charge in [-0.3, -0.25) is 0 Å². The lowest BCUT2D eigenvalue weighted by Gasteiger charge is -2.29. The summed E-state index contributed by atoms with van der Waals surface area (Å²) in [5, 5.41) is 11.9. The van der Waals surface area contributed by atoms with Crippen LogP contribution in [0.4, 0.5) is 4.39 Å². The van der Waals surface area contributed by atoms with Crippen LogP contribution in [0.25, 0.3) is 5.69 Å². The van der Waals surface area contributed by atoms with Crippen LogP contribution in [0, 0.1) is 12.7 Å². The zero-order valence-corrected chi connectivity index (χ0v) is 13.7. The number of aromatic nitrogens is 3. The number of rotatable bonds is 6. The molecule has 1 N–H and O–H groups in total. The third-order valence-electron chi connectivity index (χ3n) is 3.52. The molecule has 0 bridgehead atoms. The molecule has 1 atom stereocenters. The summed E-state index contributed by atoms with van der Waals surface area (Å²) in [6, 6.07) is 6.24. The second-order valence-electron chi connectivity index (χ2n) is 6.13. The normalized spacial score (nSPS) is 13.4. The Morgan fingerprint density at radius 1 is 1.32 bits per heavy atom. The van der Waals surface area contributed by atoms with Crippen molar-refractivity contribution in [2.75, 3.05) is 13.7 Å². The number of nitrogens with zero attached hydrogens (tertiary/aromatic N) is 3. The second-order valence-corrected chi connectivity index (χ2v) is 6.13. The van der Waals surface area contributed by atoms with Gasteiger partial charge in [-0.1, -0.05) is 5.21 Å². The molecule has 0 amide bonds. The van der Waals surface area contributed by atoms with Crippen molar-refractivity contribution in [2.45, 2.75) is 39.3 Å². The first kappa shape index (κ1) is 16.6. The predicted octanol–water partition coefficient (Wildman–Crippen LogP) is 2.79. The summed E-state index contributed by atoms with van der Waals surface area (Å²) in [5.41, 5.74) is 2.43. The molecule has 120 valence electrons. The molecule has 0 fully saturated rings. The number of methoxy groups -OCH3 is 1. The first-order valence-electron chi connectivity index (χ1n) is 7.29. The largest absolute Gasteiger partial charge is 0.383 e. The molecule has 5 nitrogen and oxygen atoms in total. The lowest BCUT2D eigenvalue weighted by molar-refractivity contribution is 0.121. The monoisotopic (exact) mass is 306 g/mol. The zero-order valence-electron chi connectivity index (χ0n) is 13.7. The van der Waals surface area contributed by atoms with E-state index in [1.807, 2.05) is 13.8 Å². The van der Waals surface area contributed by atoms with Gasteiger partial charge in [-0.25, -0.2) is 9.07 Å². The first-order chi connectivity index (χ1) is 10.3. The molecule has 2 rings (SSSR count). The van der Waals surface area contributed by atoms with Crippen molar-refractivity contribution < 1.29 is 9.13 Å². The molecule has 6 heteroatoms. The SMILES string of the molecule is COCC(C)(C)N[C@H](C)c1nnn(-c2ccc(F)cc2)c1C. The maximum atomic E-state index is 13.0. The van der Waals surface area contributed by atoms with Gasteiger partial charge < -0.3 is 10.1 Å². The smallest absolute Gasteiger partial charge is 0.123 e. The first-order valence-corrected chi connectivity index (χ1v) is 7.29. The van der Waals surface area contributed by atoms with Crippen molar-refractivity contribution in [3.05, 3.63) is 41.5 Å². The molecule has 22 heavy (non-hydrogen) atoms. The maximum absolute atomic E-state index is 13.0. The summed E-state index contributed by atoms with van der Waals surface area (Å²) in [7, 11) is 1.68. The van der Waals surface area contributed by atoms with Crippen molar-refractivity contribution in [2.24, 2.45) is 0 Å². The molecule has 0 unspecified atom stereocenters. The van der Waals surface area contributed by atoms with E-state index in [9.17, 15) is 4.39 Å². The van der Waals surface area contributed by atoms with E-state index in [1.165, 1.54) is 12.1 Å². The summed E-state index contributed by atoms with van der Waals surface area (Å²) in [6.45, 7) is 8.76. The highest BCUT2D eigenvalue weighted by Crippen LogP contribution is 2.20. The maximum Gasteiger partial charge on any atom is 0.123 e. The Hall–Kier alpha value is -1.79. The molecule has 1 aromatic heterocycles. The van der Waals surface area contributed by atoms with Gasteiger partial charge in [0.2, 0.25) is 0 Å². The molecule has 0 saturated heterocycles. The lowest BCUT2D eigenvalue weighted by Crippen LogP contribution is -2.44. The van der Waals surface area contributed by atoms with Crippen LogP contribution in [0.2, 0.25) is 0 Å². The number of hydrogen-bond donors (Lipinski definition) is 1. The van der Waals surface area contributed by atoms with Crippen molar-refractivity contribution in [3.63, 3.8) is 0 Å². The highest BCUT2D eigenvalue weighted by atomic mass is 19.1. The molecule has 2 aromatic rings. The summed E-state index contributed by atoms with van der Waals surface area (Å²) in [5.74, 6) is -0.266. The fourth-order valence-electron chi connectivity index (χ4n) is 2.63. The molecule has 0 aliphatic heterocycles. The van der Waals surface area contributed by atoms with Gasteiger partial charge in [-0.05, 0) is 52.0 Å². The summed E-state index contributed by atoms with van der Waals surface area (Å²) in [6.07, 6.45) is 0. The Kier molecular flexibility index (Phi) is 4.93. The van der Waals surface area contributed by atoms with Crippen LogP contribution in [0.1, 0.15) is 38.2 Å². The third kappa shape index (κ3) is 3.69. The molecule has 0 radical (unpaired) electrons. The van der Waals surface area contributed by atoms with Crippen LogP contribution in [0.5, 0.6) is 0 Å². The Labute approximate surface area is 130 Å². The summed E-state index contributed by atoms with van der Waals surface area (Å²) >= 11 is 0. The standard InChI is InChI=1S/C16H23FN4O/c1-11(18-16(3,4)10-22-5)15-12(2)21(20-19-15)14-8-6-13(17)7-9-14/h6-9,11,18H,10H2,1-5H3/t11-/m1/s1. The Morgan fingerprint density at radius 2 is 1.95 bits per heavy atom. The number of hydrogen-bond acceptors (Lipinski definition) is 4. The molecule has 0 saturated carbocycles. The minimum atomic E-state index is -0.266. The van der Waals surface area contributed by atoms with Crippen molar-refractivity contribution in [1.82, 2.24) is 20.3 Å². The van der Waals surface area contributed by atoms with E-state index in [-0.39, 0.29) is 17.4 Å². The van der Waals surface area contributed by atoms with Gasteiger partial charge >= 0.3 is 0 Å². The third-order valence-corrected chi connectivity index (χ3v) is 3.52. The van der Waals surface area contributed by atoms with E-state index in [0.29, 0.717) is 6.61 Å². The number of ether oxygens (including phenoxy) is 1. The molecule has 1 aromatic carbocycles. The van der Waals surface area contributed by atoms with Gasteiger partial charge in [0, 0.05) is 12.6 Å². The number of nitrogens with one attached hydrogen (secondary N) is 1. The number of benzene rings is 1. The van der Waals surface area contributed by atoms with Crippen molar-refractivity contribution in [3.8, 4) is 5.69 Å². The van der Waals surface area contributed by atoms with Crippen LogP contribution in [0.3, 0.4) is 0 Å². The molecular formula is C16H23FN4O. The molecular weight excluding hydrogens is 283 g/mol.